The molecule has 0 unspecified atom stereocenters. The molecular weight excluding hydrogens is 346 g/mol. The molecule has 0 saturated carbocycles. The molecule has 2 aromatic heterocycles. The third kappa shape index (κ3) is 2.61. The topological polar surface area (TPSA) is 41.6 Å². The van der Waals surface area contributed by atoms with Crippen molar-refractivity contribution in [2.75, 3.05) is 0 Å². The van der Waals surface area contributed by atoms with Gasteiger partial charge in [-0.15, -0.1) is 11.3 Å². The second-order valence-corrected chi connectivity index (χ2v) is 7.12. The number of hydrogen-bond donors (Lipinski definition) is 0. The summed E-state index contributed by atoms with van der Waals surface area (Å²) in [5.41, 5.74) is 2.61. The van der Waals surface area contributed by atoms with Crippen LogP contribution in [0.2, 0.25) is 0 Å². The van der Waals surface area contributed by atoms with Crippen molar-refractivity contribution in [1.29, 1.82) is 5.26 Å². The van der Waals surface area contributed by atoms with Crippen LogP contribution in [0.15, 0.2) is 34.1 Å². The fourth-order valence-electron chi connectivity index (χ4n) is 2.38. The van der Waals surface area contributed by atoms with Crippen LogP contribution >= 0.6 is 27.3 Å². The van der Waals surface area contributed by atoms with Crippen LogP contribution in [-0.2, 0) is 6.54 Å². The Morgan fingerprint density at radius 1 is 1.38 bits per heavy atom. The minimum atomic E-state index is 0.524. The first kappa shape index (κ1) is 14.3. The SMILES string of the molecule is CC(C)Cn1c(-c2sccc2Br)nc2cc(C#N)ccc21. The highest BCUT2D eigenvalue weighted by molar-refractivity contribution is 9.10. The fraction of sp³-hybridized carbons (Fsp3) is 0.250. The Labute approximate surface area is 136 Å². The van der Waals surface area contributed by atoms with Gasteiger partial charge in [0.1, 0.15) is 0 Å². The molecule has 0 fully saturated rings. The standard InChI is InChI=1S/C16H14BrN3S/c1-10(2)9-20-14-4-3-11(8-18)7-13(14)19-16(20)15-12(17)5-6-21-15/h3-7,10H,9H2,1-2H3. The van der Waals surface area contributed by atoms with Crippen LogP contribution in [0.4, 0.5) is 0 Å². The number of rotatable bonds is 3. The van der Waals surface area contributed by atoms with Crippen LogP contribution in [0, 0.1) is 17.2 Å². The van der Waals surface area contributed by atoms with Gasteiger partial charge in [0.05, 0.1) is 27.5 Å². The minimum Gasteiger partial charge on any atom is -0.323 e. The van der Waals surface area contributed by atoms with E-state index < -0.39 is 0 Å². The molecule has 0 radical (unpaired) electrons. The van der Waals surface area contributed by atoms with Gasteiger partial charge < -0.3 is 4.57 Å². The molecule has 5 heteroatoms. The summed E-state index contributed by atoms with van der Waals surface area (Å²) < 4.78 is 3.31. The lowest BCUT2D eigenvalue weighted by Crippen LogP contribution is -2.05. The Balaban J connectivity index is 2.27. The first-order valence-corrected chi connectivity index (χ1v) is 8.41. The van der Waals surface area contributed by atoms with E-state index in [4.69, 9.17) is 10.2 Å². The zero-order valence-corrected chi connectivity index (χ0v) is 14.2. The van der Waals surface area contributed by atoms with Crippen molar-refractivity contribution in [3.05, 3.63) is 39.7 Å². The summed E-state index contributed by atoms with van der Waals surface area (Å²) in [6.07, 6.45) is 0. The molecule has 21 heavy (non-hydrogen) atoms. The molecule has 1 aromatic carbocycles. The lowest BCUT2D eigenvalue weighted by molar-refractivity contribution is 0.537. The van der Waals surface area contributed by atoms with Gasteiger partial charge in [0.25, 0.3) is 0 Å². The largest absolute Gasteiger partial charge is 0.323 e. The third-order valence-corrected chi connectivity index (χ3v) is 5.08. The van der Waals surface area contributed by atoms with Gasteiger partial charge in [0.2, 0.25) is 0 Å². The van der Waals surface area contributed by atoms with E-state index >= 15 is 0 Å². The van der Waals surface area contributed by atoms with Crippen LogP contribution in [0.3, 0.4) is 0 Å². The van der Waals surface area contributed by atoms with Gasteiger partial charge in [-0.2, -0.15) is 5.26 Å². The van der Waals surface area contributed by atoms with Gasteiger partial charge in [-0.25, -0.2) is 4.98 Å². The molecule has 0 saturated heterocycles. The van der Waals surface area contributed by atoms with Gasteiger partial charge in [-0.3, -0.25) is 0 Å². The number of hydrogen-bond acceptors (Lipinski definition) is 3. The Morgan fingerprint density at radius 2 is 2.19 bits per heavy atom. The van der Waals surface area contributed by atoms with E-state index in [0.29, 0.717) is 11.5 Å². The summed E-state index contributed by atoms with van der Waals surface area (Å²) in [7, 11) is 0. The maximum Gasteiger partial charge on any atom is 0.152 e. The Bertz CT molecular complexity index is 839. The van der Waals surface area contributed by atoms with E-state index in [1.165, 1.54) is 0 Å². The predicted molar refractivity (Wildman–Crippen MR) is 90.3 cm³/mol. The first-order chi connectivity index (χ1) is 10.1. The van der Waals surface area contributed by atoms with Gasteiger partial charge in [-0.05, 0) is 51.5 Å². The van der Waals surface area contributed by atoms with Crippen LogP contribution in [0.25, 0.3) is 21.7 Å². The molecule has 0 N–H and O–H groups in total. The number of thiophene rings is 1. The van der Waals surface area contributed by atoms with Crippen molar-refractivity contribution in [2.24, 2.45) is 5.92 Å². The van der Waals surface area contributed by atoms with Crippen molar-refractivity contribution in [3.63, 3.8) is 0 Å². The number of aromatic nitrogens is 2. The number of imidazole rings is 1. The van der Waals surface area contributed by atoms with Crippen LogP contribution in [0.1, 0.15) is 19.4 Å². The second kappa shape index (κ2) is 5.63. The Kier molecular flexibility index (Phi) is 3.83. The molecule has 0 bridgehead atoms. The van der Waals surface area contributed by atoms with E-state index in [0.717, 1.165) is 32.8 Å². The maximum atomic E-state index is 9.06. The highest BCUT2D eigenvalue weighted by Gasteiger charge is 2.17. The third-order valence-electron chi connectivity index (χ3n) is 3.25. The Morgan fingerprint density at radius 3 is 2.81 bits per heavy atom. The van der Waals surface area contributed by atoms with Gasteiger partial charge >= 0.3 is 0 Å². The van der Waals surface area contributed by atoms with Crippen molar-refractivity contribution in [3.8, 4) is 16.8 Å². The summed E-state index contributed by atoms with van der Waals surface area (Å²) >= 11 is 5.27. The average Bonchev–Trinajstić information content (AvgIpc) is 3.02. The molecule has 0 spiro atoms. The highest BCUT2D eigenvalue weighted by atomic mass is 79.9. The number of benzene rings is 1. The van der Waals surface area contributed by atoms with Crippen molar-refractivity contribution in [1.82, 2.24) is 9.55 Å². The quantitative estimate of drug-likeness (QED) is 0.655. The average molecular weight is 360 g/mol. The zero-order valence-electron chi connectivity index (χ0n) is 11.8. The van der Waals surface area contributed by atoms with E-state index in [-0.39, 0.29) is 0 Å². The molecule has 3 nitrogen and oxygen atoms in total. The summed E-state index contributed by atoms with van der Waals surface area (Å²) in [6.45, 7) is 5.30. The molecule has 0 aliphatic heterocycles. The number of halogens is 1. The number of fused-ring (bicyclic) bond motifs is 1. The summed E-state index contributed by atoms with van der Waals surface area (Å²) in [6, 6.07) is 9.93. The first-order valence-electron chi connectivity index (χ1n) is 6.74. The van der Waals surface area contributed by atoms with E-state index in [1.54, 1.807) is 11.3 Å². The molecule has 0 aliphatic rings. The molecule has 2 heterocycles. The van der Waals surface area contributed by atoms with Crippen LogP contribution in [-0.4, -0.2) is 9.55 Å². The van der Waals surface area contributed by atoms with Crippen LogP contribution in [0.5, 0.6) is 0 Å². The molecular formula is C16H14BrN3S. The predicted octanol–water partition coefficient (Wildman–Crippen LogP) is 5.05. The van der Waals surface area contributed by atoms with Crippen molar-refractivity contribution < 1.29 is 0 Å². The summed E-state index contributed by atoms with van der Waals surface area (Å²) in [5, 5.41) is 11.1. The monoisotopic (exact) mass is 359 g/mol. The normalized spacial score (nSPS) is 11.2. The lowest BCUT2D eigenvalue weighted by Gasteiger charge is -2.11. The lowest BCUT2D eigenvalue weighted by atomic mass is 10.2. The molecule has 0 atom stereocenters. The van der Waals surface area contributed by atoms with Crippen molar-refractivity contribution in [2.45, 2.75) is 20.4 Å². The fourth-order valence-corrected chi connectivity index (χ4v) is 3.92. The zero-order chi connectivity index (χ0) is 15.0. The summed E-state index contributed by atoms with van der Waals surface area (Å²) in [5.74, 6) is 1.49. The van der Waals surface area contributed by atoms with E-state index in [1.807, 2.05) is 24.3 Å². The smallest absolute Gasteiger partial charge is 0.152 e. The second-order valence-electron chi connectivity index (χ2n) is 5.35. The van der Waals surface area contributed by atoms with E-state index in [9.17, 15) is 0 Å². The summed E-state index contributed by atoms with van der Waals surface area (Å²) in [4.78, 5) is 5.90. The molecule has 3 aromatic rings. The number of nitriles is 1. The Hall–Kier alpha value is -1.64. The highest BCUT2D eigenvalue weighted by Crippen LogP contribution is 2.35. The van der Waals surface area contributed by atoms with E-state index in [2.05, 4.69) is 45.8 Å². The molecule has 106 valence electrons. The molecule has 0 aliphatic carbocycles. The van der Waals surface area contributed by atoms with Gasteiger partial charge in [-0.1, -0.05) is 13.8 Å². The van der Waals surface area contributed by atoms with Gasteiger partial charge in [0, 0.05) is 11.0 Å². The van der Waals surface area contributed by atoms with Crippen LogP contribution < -0.4 is 0 Å². The molecule has 3 rings (SSSR count). The van der Waals surface area contributed by atoms with Gasteiger partial charge in [0.15, 0.2) is 5.82 Å². The molecule has 0 amide bonds. The maximum absolute atomic E-state index is 9.06. The minimum absolute atomic E-state index is 0.524. The number of nitrogens with zero attached hydrogens (tertiary/aromatic N) is 3. The van der Waals surface area contributed by atoms with Crippen molar-refractivity contribution >= 4 is 38.3 Å².